The van der Waals surface area contributed by atoms with Crippen molar-refractivity contribution in [1.82, 2.24) is 10.3 Å². The lowest BCUT2D eigenvalue weighted by atomic mass is 10.1. The van der Waals surface area contributed by atoms with Crippen molar-refractivity contribution in [3.05, 3.63) is 77.9 Å². The van der Waals surface area contributed by atoms with Crippen LogP contribution in [-0.4, -0.2) is 22.1 Å². The van der Waals surface area contributed by atoms with Crippen molar-refractivity contribution in [2.45, 2.75) is 26.9 Å². The Morgan fingerprint density at radius 3 is 2.66 bits per heavy atom. The number of oxazole rings is 1. The third kappa shape index (κ3) is 4.95. The average Bonchev–Trinajstić information content (AvgIpc) is 3.19. The molecule has 3 aromatic carbocycles. The van der Waals surface area contributed by atoms with Crippen molar-refractivity contribution >= 4 is 40.0 Å². The Balaban J connectivity index is 1.48. The molecular formula is C25H23N3O3S. The standard InChI is InChI=1S/C25H23N3O3S/c1-15(2)30-19-8-6-7-17(13-19)23(29)28-25(32)27-21-14-18(12-11-16(21)3)24-26-20-9-4-5-10-22(20)31-24/h4-15H,1-3H3,(H2,27,28,29,32). The van der Waals surface area contributed by atoms with E-state index in [0.717, 1.165) is 27.9 Å². The van der Waals surface area contributed by atoms with E-state index in [1.54, 1.807) is 18.2 Å². The van der Waals surface area contributed by atoms with Crippen LogP contribution < -0.4 is 15.4 Å². The number of hydrogen-bond acceptors (Lipinski definition) is 5. The van der Waals surface area contributed by atoms with Crippen molar-refractivity contribution in [2.75, 3.05) is 5.32 Å². The van der Waals surface area contributed by atoms with Crippen LogP contribution in [-0.2, 0) is 0 Å². The lowest BCUT2D eigenvalue weighted by Gasteiger charge is -2.14. The summed E-state index contributed by atoms with van der Waals surface area (Å²) in [5, 5.41) is 6.02. The molecular weight excluding hydrogens is 422 g/mol. The quantitative estimate of drug-likeness (QED) is 0.383. The van der Waals surface area contributed by atoms with Gasteiger partial charge in [-0.1, -0.05) is 24.3 Å². The van der Waals surface area contributed by atoms with E-state index in [1.165, 1.54) is 0 Å². The van der Waals surface area contributed by atoms with Crippen LogP contribution in [0.2, 0.25) is 0 Å². The Morgan fingerprint density at radius 2 is 1.88 bits per heavy atom. The summed E-state index contributed by atoms with van der Waals surface area (Å²) in [4.78, 5) is 17.2. The number of nitrogens with one attached hydrogen (secondary N) is 2. The Morgan fingerprint density at radius 1 is 1.06 bits per heavy atom. The molecule has 0 aliphatic carbocycles. The maximum absolute atomic E-state index is 12.6. The number of amides is 1. The summed E-state index contributed by atoms with van der Waals surface area (Å²) in [6.45, 7) is 5.82. The number of ether oxygens (including phenoxy) is 1. The molecule has 0 aliphatic heterocycles. The maximum Gasteiger partial charge on any atom is 0.257 e. The van der Waals surface area contributed by atoms with Gasteiger partial charge in [0.25, 0.3) is 5.91 Å². The number of fused-ring (bicyclic) bond motifs is 1. The first-order chi connectivity index (χ1) is 15.4. The fourth-order valence-corrected chi connectivity index (χ4v) is 3.40. The van der Waals surface area contributed by atoms with E-state index in [4.69, 9.17) is 21.4 Å². The van der Waals surface area contributed by atoms with Gasteiger partial charge in [0, 0.05) is 16.8 Å². The highest BCUT2D eigenvalue weighted by Crippen LogP contribution is 2.28. The van der Waals surface area contributed by atoms with Crippen molar-refractivity contribution < 1.29 is 13.9 Å². The molecule has 0 atom stereocenters. The van der Waals surface area contributed by atoms with Crippen LogP contribution in [0.5, 0.6) is 5.75 Å². The lowest BCUT2D eigenvalue weighted by molar-refractivity contribution is 0.0977. The number of anilines is 1. The van der Waals surface area contributed by atoms with Crippen LogP contribution >= 0.6 is 12.2 Å². The summed E-state index contributed by atoms with van der Waals surface area (Å²) >= 11 is 5.37. The van der Waals surface area contributed by atoms with E-state index in [2.05, 4.69) is 15.6 Å². The maximum atomic E-state index is 12.6. The van der Waals surface area contributed by atoms with E-state index in [1.807, 2.05) is 69.3 Å². The Hall–Kier alpha value is -3.71. The lowest BCUT2D eigenvalue weighted by Crippen LogP contribution is -2.34. The van der Waals surface area contributed by atoms with Crippen LogP contribution in [0.25, 0.3) is 22.6 Å². The second-order valence-electron chi connectivity index (χ2n) is 7.62. The summed E-state index contributed by atoms with van der Waals surface area (Å²) in [6.07, 6.45) is 0.0209. The van der Waals surface area contributed by atoms with Gasteiger partial charge in [-0.25, -0.2) is 4.98 Å². The van der Waals surface area contributed by atoms with E-state index < -0.39 is 0 Å². The van der Waals surface area contributed by atoms with Gasteiger partial charge in [0.2, 0.25) is 5.89 Å². The molecule has 0 spiro atoms. The summed E-state index contributed by atoms with van der Waals surface area (Å²) < 4.78 is 11.5. The molecule has 4 aromatic rings. The Labute approximate surface area is 191 Å². The Kier molecular flexibility index (Phi) is 6.18. The number of nitrogens with zero attached hydrogens (tertiary/aromatic N) is 1. The van der Waals surface area contributed by atoms with Gasteiger partial charge in [-0.15, -0.1) is 0 Å². The molecule has 0 saturated heterocycles. The number of carbonyl (C=O) groups excluding carboxylic acids is 1. The highest BCUT2D eigenvalue weighted by atomic mass is 32.1. The Bertz CT molecular complexity index is 1260. The molecule has 0 bridgehead atoms. The average molecular weight is 446 g/mol. The van der Waals surface area contributed by atoms with E-state index in [-0.39, 0.29) is 17.1 Å². The summed E-state index contributed by atoms with van der Waals surface area (Å²) in [7, 11) is 0. The molecule has 32 heavy (non-hydrogen) atoms. The third-order valence-electron chi connectivity index (χ3n) is 4.72. The van der Waals surface area contributed by atoms with Gasteiger partial charge in [-0.2, -0.15) is 0 Å². The minimum atomic E-state index is -0.315. The molecule has 6 nitrogen and oxygen atoms in total. The fourth-order valence-electron chi connectivity index (χ4n) is 3.20. The van der Waals surface area contributed by atoms with Crippen LogP contribution in [0.3, 0.4) is 0 Å². The molecule has 0 aliphatic rings. The van der Waals surface area contributed by atoms with Crippen LogP contribution in [0.4, 0.5) is 5.69 Å². The van der Waals surface area contributed by atoms with E-state index >= 15 is 0 Å². The van der Waals surface area contributed by atoms with Gasteiger partial charge < -0.3 is 14.5 Å². The van der Waals surface area contributed by atoms with Crippen molar-refractivity contribution in [3.63, 3.8) is 0 Å². The highest BCUT2D eigenvalue weighted by Gasteiger charge is 2.13. The number of rotatable bonds is 5. The summed E-state index contributed by atoms with van der Waals surface area (Å²) in [6, 6.07) is 20.4. The van der Waals surface area contributed by atoms with Crippen molar-refractivity contribution in [2.24, 2.45) is 0 Å². The number of hydrogen-bond donors (Lipinski definition) is 2. The van der Waals surface area contributed by atoms with Crippen LogP contribution in [0.1, 0.15) is 29.8 Å². The minimum absolute atomic E-state index is 0.0209. The molecule has 0 radical (unpaired) electrons. The molecule has 0 fully saturated rings. The zero-order chi connectivity index (χ0) is 22.7. The summed E-state index contributed by atoms with van der Waals surface area (Å²) in [5.41, 5.74) is 4.51. The monoisotopic (exact) mass is 445 g/mol. The first-order valence-electron chi connectivity index (χ1n) is 10.2. The normalized spacial score (nSPS) is 10.9. The van der Waals surface area contributed by atoms with Crippen LogP contribution in [0, 0.1) is 6.92 Å². The topological polar surface area (TPSA) is 76.4 Å². The number of aryl methyl sites for hydroxylation is 1. The number of carbonyl (C=O) groups is 1. The zero-order valence-corrected chi connectivity index (χ0v) is 18.8. The van der Waals surface area contributed by atoms with Crippen LogP contribution in [0.15, 0.2) is 71.1 Å². The van der Waals surface area contributed by atoms with E-state index in [9.17, 15) is 4.79 Å². The molecule has 1 heterocycles. The molecule has 0 unspecified atom stereocenters. The fraction of sp³-hybridized carbons (Fsp3) is 0.160. The van der Waals surface area contributed by atoms with Gasteiger partial charge >= 0.3 is 0 Å². The number of para-hydroxylation sites is 2. The molecule has 1 amide bonds. The zero-order valence-electron chi connectivity index (χ0n) is 18.0. The predicted molar refractivity (Wildman–Crippen MR) is 130 cm³/mol. The van der Waals surface area contributed by atoms with Crippen molar-refractivity contribution in [1.29, 1.82) is 0 Å². The van der Waals surface area contributed by atoms with Crippen molar-refractivity contribution in [3.8, 4) is 17.2 Å². The number of benzene rings is 3. The second-order valence-corrected chi connectivity index (χ2v) is 8.03. The smallest absolute Gasteiger partial charge is 0.257 e. The molecule has 7 heteroatoms. The first-order valence-corrected chi connectivity index (χ1v) is 10.7. The first kappa shape index (κ1) is 21.5. The second kappa shape index (κ2) is 9.20. The minimum Gasteiger partial charge on any atom is -0.491 e. The third-order valence-corrected chi connectivity index (χ3v) is 4.93. The van der Waals surface area contributed by atoms with E-state index in [0.29, 0.717) is 17.2 Å². The van der Waals surface area contributed by atoms with Gasteiger partial charge in [0.05, 0.1) is 6.10 Å². The number of thiocarbonyl (C=S) groups is 1. The molecule has 162 valence electrons. The molecule has 0 saturated carbocycles. The molecule has 1 aromatic heterocycles. The van der Waals surface area contributed by atoms with Gasteiger partial charge in [0.15, 0.2) is 10.7 Å². The molecule has 4 rings (SSSR count). The van der Waals surface area contributed by atoms with Gasteiger partial charge in [-0.3, -0.25) is 10.1 Å². The van der Waals surface area contributed by atoms with Gasteiger partial charge in [0.1, 0.15) is 11.3 Å². The highest BCUT2D eigenvalue weighted by molar-refractivity contribution is 7.80. The largest absolute Gasteiger partial charge is 0.491 e. The SMILES string of the molecule is Cc1ccc(-c2nc3ccccc3o2)cc1NC(=S)NC(=O)c1cccc(OC(C)C)c1. The predicted octanol–water partition coefficient (Wildman–Crippen LogP) is 5.72. The number of aromatic nitrogens is 1. The van der Waals surface area contributed by atoms with Gasteiger partial charge in [-0.05, 0) is 81.0 Å². The molecule has 2 N–H and O–H groups in total. The summed E-state index contributed by atoms with van der Waals surface area (Å²) in [5.74, 6) is 0.837.